The number of hydrogen-bond donors (Lipinski definition) is 2. The zero-order valence-corrected chi connectivity index (χ0v) is 17.0. The van der Waals surface area contributed by atoms with Crippen molar-refractivity contribution in [3.05, 3.63) is 54.2 Å². The highest BCUT2D eigenvalue weighted by atomic mass is 19.1. The highest BCUT2D eigenvalue weighted by Gasteiger charge is 2.31. The minimum Gasteiger partial charge on any atom is -0.463 e. The van der Waals surface area contributed by atoms with Crippen molar-refractivity contribution < 1.29 is 18.5 Å². The lowest BCUT2D eigenvalue weighted by molar-refractivity contribution is -0.932. The van der Waals surface area contributed by atoms with E-state index >= 15 is 0 Å². The number of carbonyl (C=O) groups excluding carboxylic acids is 1. The molecule has 0 spiro atoms. The van der Waals surface area contributed by atoms with Crippen LogP contribution in [-0.4, -0.2) is 38.6 Å². The van der Waals surface area contributed by atoms with Crippen molar-refractivity contribution in [2.45, 2.75) is 33.2 Å². The first-order valence-corrected chi connectivity index (χ1v) is 9.97. The van der Waals surface area contributed by atoms with Crippen LogP contribution in [0.15, 0.2) is 47.1 Å². The molecule has 1 aromatic carbocycles. The van der Waals surface area contributed by atoms with E-state index in [0.717, 1.165) is 37.6 Å². The highest BCUT2D eigenvalue weighted by molar-refractivity contribution is 5.76. The molecule has 3 rings (SSSR count). The van der Waals surface area contributed by atoms with Crippen molar-refractivity contribution in [3.8, 4) is 0 Å². The fourth-order valence-corrected chi connectivity index (χ4v) is 3.75. The second-order valence-electron chi connectivity index (χ2n) is 8.73. The van der Waals surface area contributed by atoms with Crippen LogP contribution in [0.1, 0.15) is 39.0 Å². The zero-order valence-electron chi connectivity index (χ0n) is 17.0. The van der Waals surface area contributed by atoms with Gasteiger partial charge in [0.25, 0.3) is 0 Å². The Morgan fingerprint density at radius 2 is 1.89 bits per heavy atom. The van der Waals surface area contributed by atoms with Crippen LogP contribution >= 0.6 is 0 Å². The normalized spacial score (nSPS) is 16.8. The van der Waals surface area contributed by atoms with Crippen LogP contribution in [0.25, 0.3) is 0 Å². The third kappa shape index (κ3) is 5.58. The number of furan rings is 1. The van der Waals surface area contributed by atoms with Gasteiger partial charge in [0, 0.05) is 12.1 Å². The van der Waals surface area contributed by atoms with Crippen LogP contribution < -0.4 is 15.1 Å². The van der Waals surface area contributed by atoms with Gasteiger partial charge in [0.05, 0.1) is 39.0 Å². The number of quaternary nitrogens is 1. The van der Waals surface area contributed by atoms with Gasteiger partial charge in [-0.2, -0.15) is 0 Å². The van der Waals surface area contributed by atoms with Crippen LogP contribution in [0.5, 0.6) is 0 Å². The number of piperazine rings is 1. The SMILES string of the molecule is CC(C)(C)CC(=O)NC[C@@H](c1ccco1)[NH+]1CCN(c2ccc(F)cc2)CC1. The Morgan fingerprint density at radius 3 is 2.46 bits per heavy atom. The predicted octanol–water partition coefficient (Wildman–Crippen LogP) is 2.42. The van der Waals surface area contributed by atoms with E-state index in [-0.39, 0.29) is 23.2 Å². The molecule has 152 valence electrons. The largest absolute Gasteiger partial charge is 0.463 e. The van der Waals surface area contributed by atoms with Crippen LogP contribution in [0, 0.1) is 11.2 Å². The molecule has 6 heteroatoms. The van der Waals surface area contributed by atoms with Crippen molar-refractivity contribution in [1.29, 1.82) is 0 Å². The third-order valence-corrected chi connectivity index (χ3v) is 5.17. The molecule has 1 aliphatic rings. The first-order chi connectivity index (χ1) is 13.3. The number of nitrogens with zero attached hydrogens (tertiary/aromatic N) is 1. The molecule has 2 aromatic rings. The van der Waals surface area contributed by atoms with Crippen LogP contribution in [-0.2, 0) is 4.79 Å². The number of rotatable bonds is 6. The molecule has 1 aromatic heterocycles. The van der Waals surface area contributed by atoms with Gasteiger partial charge in [-0.25, -0.2) is 4.39 Å². The Labute approximate surface area is 166 Å². The van der Waals surface area contributed by atoms with E-state index < -0.39 is 0 Å². The van der Waals surface area contributed by atoms with Gasteiger partial charge in [0.15, 0.2) is 11.8 Å². The summed E-state index contributed by atoms with van der Waals surface area (Å²) in [5.41, 5.74) is 1.02. The summed E-state index contributed by atoms with van der Waals surface area (Å²) in [6.45, 7) is 10.4. The molecular formula is C22H31FN3O2+. The molecule has 1 saturated heterocycles. The molecule has 0 saturated carbocycles. The number of halogens is 1. The molecule has 1 aliphatic heterocycles. The summed E-state index contributed by atoms with van der Waals surface area (Å²) in [7, 11) is 0. The second kappa shape index (κ2) is 8.78. The summed E-state index contributed by atoms with van der Waals surface area (Å²) in [5, 5.41) is 3.10. The summed E-state index contributed by atoms with van der Waals surface area (Å²) in [5.74, 6) is 0.770. The van der Waals surface area contributed by atoms with Gasteiger partial charge in [-0.15, -0.1) is 0 Å². The predicted molar refractivity (Wildman–Crippen MR) is 108 cm³/mol. The van der Waals surface area contributed by atoms with Crippen molar-refractivity contribution in [1.82, 2.24) is 5.32 Å². The summed E-state index contributed by atoms with van der Waals surface area (Å²) in [4.78, 5) is 16.0. The van der Waals surface area contributed by atoms with E-state index in [9.17, 15) is 9.18 Å². The second-order valence-corrected chi connectivity index (χ2v) is 8.73. The van der Waals surface area contributed by atoms with Gasteiger partial charge in [0.1, 0.15) is 5.82 Å². The smallest absolute Gasteiger partial charge is 0.220 e. The molecule has 2 heterocycles. The third-order valence-electron chi connectivity index (χ3n) is 5.17. The van der Waals surface area contributed by atoms with E-state index in [1.54, 1.807) is 6.26 Å². The standard InChI is InChI=1S/C22H30FN3O2/c1-22(2,3)15-21(27)24-16-19(20-5-4-14-28-20)26-12-10-25(11-13-26)18-8-6-17(23)7-9-18/h4-9,14,19H,10-13,15-16H2,1-3H3,(H,24,27)/p+1/t19-/m0/s1. The molecule has 2 N–H and O–H groups in total. The number of anilines is 1. The van der Waals surface area contributed by atoms with E-state index in [4.69, 9.17) is 4.42 Å². The number of nitrogens with one attached hydrogen (secondary N) is 2. The molecule has 1 amide bonds. The lowest BCUT2D eigenvalue weighted by Crippen LogP contribution is -3.15. The van der Waals surface area contributed by atoms with E-state index in [1.807, 2.05) is 24.3 Å². The summed E-state index contributed by atoms with van der Waals surface area (Å²) in [6, 6.07) is 10.6. The minimum atomic E-state index is -0.211. The molecule has 5 nitrogen and oxygen atoms in total. The highest BCUT2D eigenvalue weighted by Crippen LogP contribution is 2.19. The molecule has 1 fully saturated rings. The van der Waals surface area contributed by atoms with Gasteiger partial charge in [-0.1, -0.05) is 20.8 Å². The molecule has 1 atom stereocenters. The molecule has 28 heavy (non-hydrogen) atoms. The summed E-state index contributed by atoms with van der Waals surface area (Å²) < 4.78 is 18.8. The Hall–Kier alpha value is -2.34. The first kappa shape index (κ1) is 20.4. The topological polar surface area (TPSA) is 49.9 Å². The maximum absolute atomic E-state index is 13.2. The van der Waals surface area contributed by atoms with Crippen molar-refractivity contribution in [3.63, 3.8) is 0 Å². The van der Waals surface area contributed by atoms with Crippen LogP contribution in [0.4, 0.5) is 10.1 Å². The first-order valence-electron chi connectivity index (χ1n) is 9.97. The molecule has 0 bridgehead atoms. The Balaban J connectivity index is 1.60. The van der Waals surface area contributed by atoms with Gasteiger partial charge in [-0.05, 0) is 41.8 Å². The lowest BCUT2D eigenvalue weighted by Gasteiger charge is -2.37. The number of benzene rings is 1. The Bertz CT molecular complexity index is 745. The fourth-order valence-electron chi connectivity index (χ4n) is 3.75. The van der Waals surface area contributed by atoms with Crippen molar-refractivity contribution in [2.75, 3.05) is 37.6 Å². The van der Waals surface area contributed by atoms with Crippen LogP contribution in [0.2, 0.25) is 0 Å². The Kier molecular flexibility index (Phi) is 6.39. The van der Waals surface area contributed by atoms with E-state index in [0.29, 0.717) is 13.0 Å². The summed E-state index contributed by atoms with van der Waals surface area (Å²) >= 11 is 0. The maximum Gasteiger partial charge on any atom is 0.220 e. The molecule has 0 unspecified atom stereocenters. The average molecular weight is 389 g/mol. The van der Waals surface area contributed by atoms with Crippen molar-refractivity contribution >= 4 is 11.6 Å². The van der Waals surface area contributed by atoms with Gasteiger partial charge < -0.3 is 19.5 Å². The fraction of sp³-hybridized carbons (Fsp3) is 0.500. The summed E-state index contributed by atoms with van der Waals surface area (Å²) in [6.07, 6.45) is 2.19. The van der Waals surface area contributed by atoms with Gasteiger partial charge in [0.2, 0.25) is 5.91 Å². The van der Waals surface area contributed by atoms with Gasteiger partial charge in [-0.3, -0.25) is 4.79 Å². The minimum absolute atomic E-state index is 0.0299. The van der Waals surface area contributed by atoms with Gasteiger partial charge >= 0.3 is 0 Å². The van der Waals surface area contributed by atoms with Crippen molar-refractivity contribution in [2.24, 2.45) is 5.41 Å². The monoisotopic (exact) mass is 388 g/mol. The van der Waals surface area contributed by atoms with Crippen LogP contribution in [0.3, 0.4) is 0 Å². The number of carbonyl (C=O) groups is 1. The lowest BCUT2D eigenvalue weighted by atomic mass is 9.92. The zero-order chi connectivity index (χ0) is 20.1. The van der Waals surface area contributed by atoms with E-state index in [1.165, 1.54) is 17.0 Å². The number of hydrogen-bond acceptors (Lipinski definition) is 3. The molecular weight excluding hydrogens is 357 g/mol. The van der Waals surface area contributed by atoms with E-state index in [2.05, 4.69) is 31.0 Å². The number of amides is 1. The Morgan fingerprint density at radius 1 is 1.21 bits per heavy atom. The molecule has 0 radical (unpaired) electrons. The maximum atomic E-state index is 13.2. The quantitative estimate of drug-likeness (QED) is 0.799. The molecule has 0 aliphatic carbocycles. The average Bonchev–Trinajstić information content (AvgIpc) is 3.16.